The topological polar surface area (TPSA) is 57.6 Å². The Labute approximate surface area is 88.9 Å². The molecule has 0 saturated heterocycles. The van der Waals surface area contributed by atoms with Crippen molar-refractivity contribution in [3.05, 3.63) is 24.3 Å². The Morgan fingerprint density at radius 1 is 1.47 bits per heavy atom. The van der Waals surface area contributed by atoms with Crippen molar-refractivity contribution >= 4 is 11.8 Å². The Morgan fingerprint density at radius 2 is 2.20 bits per heavy atom. The van der Waals surface area contributed by atoms with Crippen LogP contribution in [0.4, 0.5) is 0 Å². The van der Waals surface area contributed by atoms with Gasteiger partial charge in [-0.1, -0.05) is 6.08 Å². The molecule has 0 bridgehead atoms. The third-order valence-corrected chi connectivity index (χ3v) is 2.26. The van der Waals surface area contributed by atoms with Crippen LogP contribution >= 0.6 is 0 Å². The number of β-amino-alcohol motifs (C(OH)–C–C–N with tert-alkyl or cyclic N) is 1. The van der Waals surface area contributed by atoms with Crippen LogP contribution in [0.25, 0.3) is 0 Å². The number of rotatable bonds is 6. The Bertz CT molecular complexity index is 307. The Kier molecular flexibility index (Phi) is 4.24. The van der Waals surface area contributed by atoms with Gasteiger partial charge in [-0.3, -0.25) is 14.5 Å². The first-order chi connectivity index (χ1) is 7.20. The van der Waals surface area contributed by atoms with Gasteiger partial charge in [0.2, 0.25) is 0 Å². The number of amides is 2. The highest BCUT2D eigenvalue weighted by atomic mass is 16.3. The van der Waals surface area contributed by atoms with Crippen molar-refractivity contribution in [2.45, 2.75) is 19.3 Å². The van der Waals surface area contributed by atoms with Crippen molar-refractivity contribution in [3.8, 4) is 0 Å². The quantitative estimate of drug-likeness (QED) is 0.396. The van der Waals surface area contributed by atoms with Crippen LogP contribution in [0, 0.1) is 0 Å². The molecule has 4 heteroatoms. The highest BCUT2D eigenvalue weighted by Gasteiger charge is 2.29. The second-order valence-corrected chi connectivity index (χ2v) is 3.37. The lowest BCUT2D eigenvalue weighted by Crippen LogP contribution is -2.33. The Morgan fingerprint density at radius 3 is 2.80 bits per heavy atom. The minimum atomic E-state index is -0.317. The Balaban J connectivity index is 2.53. The van der Waals surface area contributed by atoms with E-state index in [2.05, 4.69) is 6.58 Å². The molecule has 0 unspecified atom stereocenters. The van der Waals surface area contributed by atoms with E-state index in [1.54, 1.807) is 6.08 Å². The standard InChI is InChI=1S/C11H15NO3/c1-2-3-4-5-9-8-10(14)12(6-7-13)11(9)15/h2,8,13H,1,3-7H2. The van der Waals surface area contributed by atoms with E-state index in [1.165, 1.54) is 6.08 Å². The third-order valence-electron chi connectivity index (χ3n) is 2.26. The number of nitrogens with zero attached hydrogens (tertiary/aromatic N) is 1. The molecule has 4 nitrogen and oxygen atoms in total. The molecule has 0 aromatic carbocycles. The van der Waals surface area contributed by atoms with Gasteiger partial charge in [0.05, 0.1) is 13.2 Å². The first-order valence-electron chi connectivity index (χ1n) is 4.99. The van der Waals surface area contributed by atoms with E-state index in [-0.39, 0.29) is 25.0 Å². The molecule has 1 aliphatic rings. The molecule has 0 aromatic rings. The first kappa shape index (κ1) is 11.7. The van der Waals surface area contributed by atoms with Crippen LogP contribution in [0.2, 0.25) is 0 Å². The summed E-state index contributed by atoms with van der Waals surface area (Å²) in [6.45, 7) is 3.48. The summed E-state index contributed by atoms with van der Waals surface area (Å²) in [5.41, 5.74) is 0.537. The van der Waals surface area contributed by atoms with Crippen molar-refractivity contribution in [1.82, 2.24) is 4.90 Å². The number of aliphatic hydroxyl groups is 1. The average Bonchev–Trinajstić information content (AvgIpc) is 2.47. The molecule has 0 aliphatic carbocycles. The van der Waals surface area contributed by atoms with E-state index in [1.807, 2.05) is 0 Å². The maximum Gasteiger partial charge on any atom is 0.256 e. The lowest BCUT2D eigenvalue weighted by Gasteiger charge is -2.12. The minimum Gasteiger partial charge on any atom is -0.395 e. The zero-order valence-corrected chi connectivity index (χ0v) is 8.61. The summed E-state index contributed by atoms with van der Waals surface area (Å²) in [6.07, 6.45) is 5.40. The fraction of sp³-hybridized carbons (Fsp3) is 0.455. The second kappa shape index (κ2) is 5.46. The van der Waals surface area contributed by atoms with Gasteiger partial charge in [0.15, 0.2) is 0 Å². The monoisotopic (exact) mass is 209 g/mol. The second-order valence-electron chi connectivity index (χ2n) is 3.37. The van der Waals surface area contributed by atoms with Crippen molar-refractivity contribution in [2.24, 2.45) is 0 Å². The molecule has 1 aliphatic heterocycles. The number of carbonyl (C=O) groups is 2. The average molecular weight is 209 g/mol. The van der Waals surface area contributed by atoms with E-state index in [9.17, 15) is 9.59 Å². The molecule has 82 valence electrons. The minimum absolute atomic E-state index is 0.0825. The van der Waals surface area contributed by atoms with E-state index >= 15 is 0 Å². The Hall–Kier alpha value is -1.42. The van der Waals surface area contributed by atoms with Crippen LogP contribution in [-0.2, 0) is 9.59 Å². The van der Waals surface area contributed by atoms with Crippen molar-refractivity contribution in [2.75, 3.05) is 13.2 Å². The lowest BCUT2D eigenvalue weighted by molar-refractivity contribution is -0.137. The molecular weight excluding hydrogens is 194 g/mol. The van der Waals surface area contributed by atoms with Gasteiger partial charge in [-0.05, 0) is 19.3 Å². The molecule has 0 radical (unpaired) electrons. The van der Waals surface area contributed by atoms with Gasteiger partial charge in [-0.15, -0.1) is 6.58 Å². The normalized spacial score (nSPS) is 15.8. The number of aliphatic hydroxyl groups excluding tert-OH is 1. The highest BCUT2D eigenvalue weighted by molar-refractivity contribution is 6.16. The van der Waals surface area contributed by atoms with Crippen LogP contribution < -0.4 is 0 Å². The van der Waals surface area contributed by atoms with Gasteiger partial charge < -0.3 is 5.11 Å². The van der Waals surface area contributed by atoms with Crippen LogP contribution in [0.3, 0.4) is 0 Å². The van der Waals surface area contributed by atoms with E-state index in [0.29, 0.717) is 12.0 Å². The van der Waals surface area contributed by atoms with Crippen LogP contribution in [0.15, 0.2) is 24.3 Å². The number of hydrogen-bond acceptors (Lipinski definition) is 3. The van der Waals surface area contributed by atoms with Crippen LogP contribution in [-0.4, -0.2) is 35.0 Å². The zero-order chi connectivity index (χ0) is 11.3. The molecule has 2 amide bonds. The lowest BCUT2D eigenvalue weighted by atomic mass is 10.1. The third kappa shape index (κ3) is 2.76. The molecule has 1 rings (SSSR count). The summed E-state index contributed by atoms with van der Waals surface area (Å²) >= 11 is 0. The maximum atomic E-state index is 11.6. The molecule has 15 heavy (non-hydrogen) atoms. The van der Waals surface area contributed by atoms with Crippen molar-refractivity contribution in [3.63, 3.8) is 0 Å². The summed E-state index contributed by atoms with van der Waals surface area (Å²) in [7, 11) is 0. The van der Waals surface area contributed by atoms with Gasteiger partial charge in [0, 0.05) is 11.6 Å². The molecule has 0 fully saturated rings. The first-order valence-corrected chi connectivity index (χ1v) is 4.99. The van der Waals surface area contributed by atoms with E-state index in [4.69, 9.17) is 5.11 Å². The summed E-state index contributed by atoms with van der Waals surface area (Å²) < 4.78 is 0. The molecule has 0 spiro atoms. The molecule has 1 heterocycles. The van der Waals surface area contributed by atoms with Gasteiger partial charge in [-0.2, -0.15) is 0 Å². The van der Waals surface area contributed by atoms with Crippen LogP contribution in [0.1, 0.15) is 19.3 Å². The van der Waals surface area contributed by atoms with Gasteiger partial charge in [-0.25, -0.2) is 0 Å². The summed E-state index contributed by atoms with van der Waals surface area (Å²) in [5, 5.41) is 8.68. The van der Waals surface area contributed by atoms with Crippen molar-refractivity contribution < 1.29 is 14.7 Å². The smallest absolute Gasteiger partial charge is 0.256 e. The zero-order valence-electron chi connectivity index (χ0n) is 8.61. The predicted octanol–water partition coefficient (Wildman–Crippen LogP) is 0.630. The number of carbonyl (C=O) groups excluding carboxylic acids is 2. The largest absolute Gasteiger partial charge is 0.395 e. The predicted molar refractivity (Wildman–Crippen MR) is 55.9 cm³/mol. The maximum absolute atomic E-state index is 11.6. The molecule has 0 aromatic heterocycles. The molecule has 0 saturated carbocycles. The SMILES string of the molecule is C=CCCCC1=CC(=O)N(CCO)C1=O. The molecule has 1 N–H and O–H groups in total. The summed E-state index contributed by atoms with van der Waals surface area (Å²) in [5.74, 6) is -0.583. The van der Waals surface area contributed by atoms with E-state index < -0.39 is 0 Å². The van der Waals surface area contributed by atoms with Gasteiger partial charge in [0.1, 0.15) is 0 Å². The highest BCUT2D eigenvalue weighted by Crippen LogP contribution is 2.17. The van der Waals surface area contributed by atoms with Gasteiger partial charge >= 0.3 is 0 Å². The summed E-state index contributed by atoms with van der Waals surface area (Å²) in [4.78, 5) is 24.0. The summed E-state index contributed by atoms with van der Waals surface area (Å²) in [6, 6.07) is 0. The number of hydrogen-bond donors (Lipinski definition) is 1. The fourth-order valence-corrected chi connectivity index (χ4v) is 1.49. The van der Waals surface area contributed by atoms with Crippen molar-refractivity contribution in [1.29, 1.82) is 0 Å². The molecular formula is C11H15NO3. The fourth-order valence-electron chi connectivity index (χ4n) is 1.49. The number of unbranched alkanes of at least 4 members (excludes halogenated alkanes) is 1. The van der Waals surface area contributed by atoms with E-state index in [0.717, 1.165) is 17.7 Å². The number of allylic oxidation sites excluding steroid dienone is 1. The van der Waals surface area contributed by atoms with Crippen LogP contribution in [0.5, 0.6) is 0 Å². The number of imide groups is 1. The molecule has 0 atom stereocenters. The van der Waals surface area contributed by atoms with Gasteiger partial charge in [0.25, 0.3) is 11.8 Å².